The third-order valence-corrected chi connectivity index (χ3v) is 3.62. The van der Waals surface area contributed by atoms with Crippen LogP contribution in [0.2, 0.25) is 0 Å². The van der Waals surface area contributed by atoms with Crippen LogP contribution in [0.4, 0.5) is 0 Å². The molecular formula is C13H11NO2S. The van der Waals surface area contributed by atoms with Gasteiger partial charge >= 0.3 is 5.97 Å². The monoisotopic (exact) mass is 245 g/mol. The second-order valence-corrected chi connectivity index (χ2v) is 4.57. The second kappa shape index (κ2) is 5.00. The van der Waals surface area contributed by atoms with E-state index in [9.17, 15) is 4.79 Å². The molecule has 0 atom stereocenters. The number of benzene rings is 1. The average molecular weight is 245 g/mol. The molecule has 4 heteroatoms. The zero-order valence-corrected chi connectivity index (χ0v) is 9.88. The molecule has 0 aliphatic heterocycles. The molecule has 17 heavy (non-hydrogen) atoms. The van der Waals surface area contributed by atoms with Gasteiger partial charge in [0.05, 0.1) is 6.54 Å². The number of carboxylic acids is 1. The molecule has 0 aliphatic rings. The Hall–Kier alpha value is -1.83. The van der Waals surface area contributed by atoms with Gasteiger partial charge in [0.2, 0.25) is 0 Å². The third-order valence-electron chi connectivity index (χ3n) is 2.42. The minimum atomic E-state index is -0.885. The average Bonchev–Trinajstić information content (AvgIpc) is 2.69. The lowest BCUT2D eigenvalue weighted by Gasteiger charge is -2.01. The van der Waals surface area contributed by atoms with Crippen LogP contribution in [0.25, 0.3) is 10.1 Å². The lowest BCUT2D eigenvalue weighted by Crippen LogP contribution is -2.14. The summed E-state index contributed by atoms with van der Waals surface area (Å²) in [6, 6.07) is 7.68. The normalized spacial score (nSPS) is 10.3. The summed E-state index contributed by atoms with van der Waals surface area (Å²) >= 11 is 1.30. The van der Waals surface area contributed by atoms with E-state index in [0.29, 0.717) is 18.0 Å². The molecule has 0 amide bonds. The van der Waals surface area contributed by atoms with Crippen LogP contribution in [0.3, 0.4) is 0 Å². The van der Waals surface area contributed by atoms with Crippen LogP contribution >= 0.6 is 11.3 Å². The molecule has 0 fully saturated rings. The third kappa shape index (κ3) is 2.31. The van der Waals surface area contributed by atoms with Gasteiger partial charge in [-0.3, -0.25) is 0 Å². The van der Waals surface area contributed by atoms with Crippen LogP contribution < -0.4 is 5.32 Å². The SMILES string of the molecule is C#CCNCc1c(C(=O)O)sc2ccccc12. The Balaban J connectivity index is 2.45. The Labute approximate surface area is 103 Å². The van der Waals surface area contributed by atoms with Crippen molar-refractivity contribution in [3.8, 4) is 12.3 Å². The highest BCUT2D eigenvalue weighted by atomic mass is 32.1. The van der Waals surface area contributed by atoms with Crippen molar-refractivity contribution < 1.29 is 9.90 Å². The van der Waals surface area contributed by atoms with Crippen LogP contribution in [-0.4, -0.2) is 17.6 Å². The predicted octanol–water partition coefficient (Wildman–Crippen LogP) is 2.32. The number of rotatable bonds is 4. The van der Waals surface area contributed by atoms with Crippen LogP contribution in [0.15, 0.2) is 24.3 Å². The molecule has 0 radical (unpaired) electrons. The van der Waals surface area contributed by atoms with Gasteiger partial charge in [0.15, 0.2) is 0 Å². The first-order valence-electron chi connectivity index (χ1n) is 5.12. The molecule has 1 aromatic heterocycles. The molecule has 86 valence electrons. The molecule has 1 aromatic carbocycles. The number of carboxylic acid groups (broad SMARTS) is 1. The zero-order valence-electron chi connectivity index (χ0n) is 9.06. The Morgan fingerprint density at radius 3 is 2.94 bits per heavy atom. The van der Waals surface area contributed by atoms with Gasteiger partial charge in [-0.05, 0) is 17.0 Å². The molecule has 3 nitrogen and oxygen atoms in total. The van der Waals surface area contributed by atoms with Gasteiger partial charge < -0.3 is 10.4 Å². The fourth-order valence-corrected chi connectivity index (χ4v) is 2.77. The van der Waals surface area contributed by atoms with Crippen LogP contribution in [0, 0.1) is 12.3 Å². The second-order valence-electron chi connectivity index (χ2n) is 3.52. The van der Waals surface area contributed by atoms with Gasteiger partial charge in [0, 0.05) is 11.2 Å². The van der Waals surface area contributed by atoms with Crippen molar-refractivity contribution in [2.24, 2.45) is 0 Å². The summed E-state index contributed by atoms with van der Waals surface area (Å²) in [5.74, 6) is 1.59. The molecule has 0 aliphatic carbocycles. The van der Waals surface area contributed by atoms with Crippen molar-refractivity contribution in [1.82, 2.24) is 5.32 Å². The summed E-state index contributed by atoms with van der Waals surface area (Å²) in [5.41, 5.74) is 0.813. The van der Waals surface area contributed by atoms with Crippen LogP contribution in [0.1, 0.15) is 15.2 Å². The molecule has 1 heterocycles. The molecule has 0 unspecified atom stereocenters. The zero-order chi connectivity index (χ0) is 12.3. The highest BCUT2D eigenvalue weighted by Crippen LogP contribution is 2.31. The van der Waals surface area contributed by atoms with E-state index in [1.807, 2.05) is 24.3 Å². The summed E-state index contributed by atoms with van der Waals surface area (Å²) in [6.07, 6.45) is 5.15. The molecule has 2 aromatic rings. The van der Waals surface area contributed by atoms with Crippen molar-refractivity contribution in [3.63, 3.8) is 0 Å². The minimum absolute atomic E-state index is 0.385. The maximum atomic E-state index is 11.2. The quantitative estimate of drug-likeness (QED) is 0.642. The van der Waals surface area contributed by atoms with Crippen LogP contribution in [0.5, 0.6) is 0 Å². The molecule has 0 bridgehead atoms. The fraction of sp³-hybridized carbons (Fsp3) is 0.154. The summed E-state index contributed by atoms with van der Waals surface area (Å²) < 4.78 is 0.988. The molecule has 0 saturated carbocycles. The fourth-order valence-electron chi connectivity index (χ4n) is 1.71. The number of carbonyl (C=O) groups is 1. The van der Waals surface area contributed by atoms with Gasteiger partial charge in [0.1, 0.15) is 4.88 Å². The largest absolute Gasteiger partial charge is 0.477 e. The lowest BCUT2D eigenvalue weighted by molar-refractivity contribution is 0.0701. The van der Waals surface area contributed by atoms with Crippen molar-refractivity contribution in [1.29, 1.82) is 0 Å². The Morgan fingerprint density at radius 2 is 2.24 bits per heavy atom. The molecule has 2 N–H and O–H groups in total. The van der Waals surface area contributed by atoms with E-state index in [0.717, 1.165) is 15.6 Å². The summed E-state index contributed by atoms with van der Waals surface area (Å²) in [6.45, 7) is 0.916. The molecular weight excluding hydrogens is 234 g/mol. The minimum Gasteiger partial charge on any atom is -0.477 e. The van der Waals surface area contributed by atoms with E-state index in [-0.39, 0.29) is 0 Å². The molecule has 2 rings (SSSR count). The number of terminal acetylenes is 1. The highest BCUT2D eigenvalue weighted by molar-refractivity contribution is 7.21. The van der Waals surface area contributed by atoms with E-state index in [4.69, 9.17) is 11.5 Å². The number of hydrogen-bond acceptors (Lipinski definition) is 3. The van der Waals surface area contributed by atoms with Gasteiger partial charge in [-0.25, -0.2) is 4.79 Å². The van der Waals surface area contributed by atoms with Crippen LogP contribution in [-0.2, 0) is 6.54 Å². The number of nitrogens with one attached hydrogen (secondary N) is 1. The number of hydrogen-bond donors (Lipinski definition) is 2. The van der Waals surface area contributed by atoms with Gasteiger partial charge in [0.25, 0.3) is 0 Å². The smallest absolute Gasteiger partial charge is 0.346 e. The maximum Gasteiger partial charge on any atom is 0.346 e. The first-order chi connectivity index (χ1) is 8.24. The Bertz CT molecular complexity index is 595. The summed E-state index contributed by atoms with van der Waals surface area (Å²) in [4.78, 5) is 11.6. The van der Waals surface area contributed by atoms with E-state index in [2.05, 4.69) is 11.2 Å². The predicted molar refractivity (Wildman–Crippen MR) is 69.3 cm³/mol. The highest BCUT2D eigenvalue weighted by Gasteiger charge is 2.16. The van der Waals surface area contributed by atoms with E-state index in [1.54, 1.807) is 0 Å². The number of thiophene rings is 1. The van der Waals surface area contributed by atoms with Crippen molar-refractivity contribution >= 4 is 27.4 Å². The van der Waals surface area contributed by atoms with Crippen molar-refractivity contribution in [2.75, 3.05) is 6.54 Å². The Kier molecular flexibility index (Phi) is 3.43. The molecule has 0 spiro atoms. The Morgan fingerprint density at radius 1 is 1.47 bits per heavy atom. The van der Waals surface area contributed by atoms with Crippen molar-refractivity contribution in [3.05, 3.63) is 34.7 Å². The lowest BCUT2D eigenvalue weighted by atomic mass is 10.1. The number of fused-ring (bicyclic) bond motifs is 1. The van der Waals surface area contributed by atoms with Gasteiger partial charge in [-0.15, -0.1) is 17.8 Å². The number of aromatic carboxylic acids is 1. The first kappa shape index (κ1) is 11.6. The van der Waals surface area contributed by atoms with E-state index >= 15 is 0 Å². The standard InChI is InChI=1S/C13H11NO2S/c1-2-7-14-8-10-9-5-3-4-6-11(9)17-12(10)13(15)16/h1,3-6,14H,7-8H2,(H,15,16). The first-order valence-corrected chi connectivity index (χ1v) is 5.93. The van der Waals surface area contributed by atoms with Crippen molar-refractivity contribution in [2.45, 2.75) is 6.54 Å². The summed E-state index contributed by atoms with van der Waals surface area (Å²) in [5, 5.41) is 13.2. The molecule has 0 saturated heterocycles. The van der Waals surface area contributed by atoms with E-state index < -0.39 is 5.97 Å². The van der Waals surface area contributed by atoms with E-state index in [1.165, 1.54) is 11.3 Å². The summed E-state index contributed by atoms with van der Waals surface area (Å²) in [7, 11) is 0. The van der Waals surface area contributed by atoms with Gasteiger partial charge in [-0.2, -0.15) is 0 Å². The topological polar surface area (TPSA) is 49.3 Å². The van der Waals surface area contributed by atoms with Gasteiger partial charge in [-0.1, -0.05) is 24.1 Å². The maximum absolute atomic E-state index is 11.2.